The Morgan fingerprint density at radius 1 is 1.07 bits per heavy atom. The number of carbonyl (C=O) groups is 1. The Hall–Kier alpha value is -2.29. The van der Waals surface area contributed by atoms with Crippen molar-refractivity contribution in [2.45, 2.75) is 38.0 Å². The minimum Gasteiger partial charge on any atom is -0.346 e. The Bertz CT molecular complexity index is 916. The fraction of sp³-hybridized carbons (Fsp3) is 0.389. The Morgan fingerprint density at radius 3 is 2.15 bits per heavy atom. The molecule has 0 aliphatic carbocycles. The van der Waals surface area contributed by atoms with E-state index in [-0.39, 0.29) is 16.5 Å². The largest absolute Gasteiger partial charge is 0.454 e. The second kappa shape index (κ2) is 5.85. The Labute approximate surface area is 150 Å². The smallest absolute Gasteiger partial charge is 0.346 e. The fourth-order valence-electron chi connectivity index (χ4n) is 3.24. The first kappa shape index (κ1) is 19.5. The van der Waals surface area contributed by atoms with Gasteiger partial charge in [0.2, 0.25) is 0 Å². The molecule has 1 unspecified atom stereocenters. The number of rotatable bonds is 1. The Morgan fingerprint density at radius 2 is 1.63 bits per heavy atom. The zero-order chi connectivity index (χ0) is 20.4. The highest BCUT2D eigenvalue weighted by molar-refractivity contribution is 6.14. The van der Waals surface area contributed by atoms with Crippen LogP contribution in [0.2, 0.25) is 0 Å². The summed E-state index contributed by atoms with van der Waals surface area (Å²) in [6.45, 7) is 2.86. The van der Waals surface area contributed by atoms with Crippen LogP contribution in [0.3, 0.4) is 0 Å². The number of Topliss-reactive ketones (excluding diaryl/α,β-unsaturated/α-hetero) is 1. The van der Waals surface area contributed by atoms with Crippen molar-refractivity contribution in [3.8, 4) is 0 Å². The maximum absolute atomic E-state index is 13.6. The maximum atomic E-state index is 13.6. The van der Waals surface area contributed by atoms with Gasteiger partial charge in [0.05, 0.1) is 5.69 Å². The summed E-state index contributed by atoms with van der Waals surface area (Å²) in [5, 5.41) is 0.0553. The predicted molar refractivity (Wildman–Crippen MR) is 86.7 cm³/mol. The van der Waals surface area contributed by atoms with Crippen LogP contribution in [0.15, 0.2) is 30.3 Å². The molecule has 2 aromatic carbocycles. The van der Waals surface area contributed by atoms with E-state index in [1.165, 1.54) is 50.1 Å². The number of benzene rings is 2. The highest BCUT2D eigenvalue weighted by Crippen LogP contribution is 2.51. The van der Waals surface area contributed by atoms with Crippen molar-refractivity contribution < 1.29 is 35.9 Å². The lowest BCUT2D eigenvalue weighted by Crippen LogP contribution is -2.51. The minimum atomic E-state index is -5.22. The van der Waals surface area contributed by atoms with Gasteiger partial charge >= 0.3 is 12.4 Å². The van der Waals surface area contributed by atoms with Crippen LogP contribution in [-0.2, 0) is 4.74 Å². The molecule has 1 aliphatic rings. The summed E-state index contributed by atoms with van der Waals surface area (Å²) < 4.78 is 85.0. The SMILES string of the molecule is CN1c2c(cc(C(=O)C(F)(F)F)c3ccccc23)C(C(F)(F)F)OC1(C)C. The van der Waals surface area contributed by atoms with Gasteiger partial charge in [0.1, 0.15) is 5.72 Å². The lowest BCUT2D eigenvalue weighted by atomic mass is 9.90. The number of anilines is 1. The van der Waals surface area contributed by atoms with Crippen molar-refractivity contribution in [1.29, 1.82) is 0 Å². The quantitative estimate of drug-likeness (QED) is 0.482. The van der Waals surface area contributed by atoms with E-state index in [9.17, 15) is 31.1 Å². The average Bonchev–Trinajstić information content (AvgIpc) is 2.54. The number of hydrogen-bond donors (Lipinski definition) is 0. The van der Waals surface area contributed by atoms with Crippen molar-refractivity contribution >= 4 is 22.2 Å². The van der Waals surface area contributed by atoms with E-state index in [4.69, 9.17) is 4.74 Å². The summed E-state index contributed by atoms with van der Waals surface area (Å²) in [5.41, 5.74) is -2.63. The molecule has 0 N–H and O–H groups in total. The van der Waals surface area contributed by atoms with Crippen molar-refractivity contribution in [3.63, 3.8) is 0 Å². The van der Waals surface area contributed by atoms with Gasteiger partial charge in [0, 0.05) is 23.6 Å². The zero-order valence-electron chi connectivity index (χ0n) is 14.5. The number of ketones is 1. The van der Waals surface area contributed by atoms with Crippen molar-refractivity contribution in [2.75, 3.05) is 11.9 Å². The first-order valence-corrected chi connectivity index (χ1v) is 7.90. The average molecular weight is 391 g/mol. The molecule has 0 aromatic heterocycles. The molecule has 0 bridgehead atoms. The molecule has 0 saturated carbocycles. The van der Waals surface area contributed by atoms with Crippen molar-refractivity contribution in [2.24, 2.45) is 0 Å². The molecular weight excluding hydrogens is 376 g/mol. The molecule has 27 heavy (non-hydrogen) atoms. The third-order valence-corrected chi connectivity index (χ3v) is 4.68. The second-order valence-corrected chi connectivity index (χ2v) is 6.78. The second-order valence-electron chi connectivity index (χ2n) is 6.78. The van der Waals surface area contributed by atoms with Gasteiger partial charge in [-0.3, -0.25) is 4.79 Å². The molecule has 0 fully saturated rings. The first-order valence-electron chi connectivity index (χ1n) is 7.90. The molecule has 3 nitrogen and oxygen atoms in total. The van der Waals surface area contributed by atoms with Gasteiger partial charge in [-0.05, 0) is 25.3 Å². The number of halogens is 6. The molecule has 0 amide bonds. The molecule has 0 saturated heterocycles. The third kappa shape index (κ3) is 3.13. The summed E-state index contributed by atoms with van der Waals surface area (Å²) >= 11 is 0. The van der Waals surface area contributed by atoms with Gasteiger partial charge in [-0.2, -0.15) is 26.3 Å². The lowest BCUT2D eigenvalue weighted by molar-refractivity contribution is -0.255. The van der Waals surface area contributed by atoms with E-state index in [1.807, 2.05) is 0 Å². The van der Waals surface area contributed by atoms with Crippen molar-refractivity contribution in [3.05, 3.63) is 41.5 Å². The van der Waals surface area contributed by atoms with Crippen LogP contribution in [0, 0.1) is 0 Å². The predicted octanol–water partition coefficient (Wildman–Crippen LogP) is 5.39. The van der Waals surface area contributed by atoms with Gasteiger partial charge in [-0.25, -0.2) is 0 Å². The van der Waals surface area contributed by atoms with E-state index in [1.54, 1.807) is 0 Å². The summed E-state index contributed by atoms with van der Waals surface area (Å²) in [5.74, 6) is -2.20. The Kier molecular flexibility index (Phi) is 4.22. The van der Waals surface area contributed by atoms with Crippen LogP contribution in [0.1, 0.15) is 35.9 Å². The molecule has 1 heterocycles. The highest BCUT2D eigenvalue weighted by Gasteiger charge is 2.51. The van der Waals surface area contributed by atoms with Crippen LogP contribution in [0.25, 0.3) is 10.8 Å². The van der Waals surface area contributed by atoms with Gasteiger partial charge in [-0.15, -0.1) is 0 Å². The standard InChI is InChI=1S/C18H15F6NO2/c1-16(2)25(3)13-10-7-5-4-6-9(10)11(14(26)17(19,20)21)8-12(13)15(27-16)18(22,23)24/h4-8,15H,1-3H3. The van der Waals surface area contributed by atoms with Gasteiger partial charge in [0.15, 0.2) is 6.10 Å². The van der Waals surface area contributed by atoms with Crippen LogP contribution in [-0.4, -0.2) is 30.9 Å². The molecule has 0 radical (unpaired) electrons. The number of hydrogen-bond acceptors (Lipinski definition) is 3. The Balaban J connectivity index is 2.42. The molecule has 0 spiro atoms. The lowest BCUT2D eigenvalue weighted by Gasteiger charge is -2.46. The van der Waals surface area contributed by atoms with Crippen molar-refractivity contribution in [1.82, 2.24) is 0 Å². The van der Waals surface area contributed by atoms with Crippen LogP contribution < -0.4 is 4.90 Å². The van der Waals surface area contributed by atoms with E-state index in [2.05, 4.69) is 0 Å². The molecule has 1 aliphatic heterocycles. The van der Waals surface area contributed by atoms with Gasteiger partial charge in [-0.1, -0.05) is 24.3 Å². The molecule has 2 aromatic rings. The monoisotopic (exact) mass is 391 g/mol. The maximum Gasteiger partial charge on any atom is 0.454 e. The highest BCUT2D eigenvalue weighted by atomic mass is 19.4. The van der Waals surface area contributed by atoms with E-state index < -0.39 is 41.1 Å². The first-order chi connectivity index (χ1) is 12.2. The number of carbonyl (C=O) groups excluding carboxylic acids is 1. The van der Waals surface area contributed by atoms with E-state index >= 15 is 0 Å². The normalized spacial score (nSPS) is 19.9. The molecule has 146 valence electrons. The van der Waals surface area contributed by atoms with Gasteiger partial charge < -0.3 is 9.64 Å². The topological polar surface area (TPSA) is 29.5 Å². The summed E-state index contributed by atoms with van der Waals surface area (Å²) in [6, 6.07) is 6.24. The molecule has 9 heteroatoms. The molecular formula is C18H15F6NO2. The summed E-state index contributed by atoms with van der Waals surface area (Å²) in [4.78, 5) is 13.3. The number of alkyl halides is 6. The number of nitrogens with zero attached hydrogens (tertiary/aromatic N) is 1. The van der Waals surface area contributed by atoms with Crippen LogP contribution >= 0.6 is 0 Å². The van der Waals surface area contributed by atoms with Crippen LogP contribution in [0.4, 0.5) is 32.0 Å². The minimum absolute atomic E-state index is 0.0657. The van der Waals surface area contributed by atoms with Gasteiger partial charge in [0.25, 0.3) is 5.78 Å². The number of ether oxygens (including phenoxy) is 1. The van der Waals surface area contributed by atoms with E-state index in [0.717, 1.165) is 0 Å². The summed E-state index contributed by atoms with van der Waals surface area (Å²) in [6.07, 6.45) is -12.5. The van der Waals surface area contributed by atoms with Crippen LogP contribution in [0.5, 0.6) is 0 Å². The molecule has 3 rings (SSSR count). The number of fused-ring (bicyclic) bond motifs is 3. The summed E-state index contributed by atoms with van der Waals surface area (Å²) in [7, 11) is 1.49. The third-order valence-electron chi connectivity index (χ3n) is 4.68. The van der Waals surface area contributed by atoms with E-state index in [0.29, 0.717) is 6.07 Å². The zero-order valence-corrected chi connectivity index (χ0v) is 14.5. The fourth-order valence-corrected chi connectivity index (χ4v) is 3.24. The molecule has 1 atom stereocenters.